The largest absolute Gasteiger partial charge is 0.370 e. The summed E-state index contributed by atoms with van der Waals surface area (Å²) in [4.78, 5) is 11.2. The molecule has 0 aliphatic heterocycles. The van der Waals surface area contributed by atoms with Crippen LogP contribution in [0.4, 0.5) is 17.3 Å². The van der Waals surface area contributed by atoms with Gasteiger partial charge in [0, 0.05) is 24.3 Å². The first-order valence-corrected chi connectivity index (χ1v) is 7.63. The molecule has 0 atom stereocenters. The van der Waals surface area contributed by atoms with Crippen LogP contribution in [0, 0.1) is 6.92 Å². The minimum absolute atomic E-state index is 0.861. The van der Waals surface area contributed by atoms with Gasteiger partial charge in [-0.1, -0.05) is 25.1 Å². The fourth-order valence-corrected chi connectivity index (χ4v) is 2.58. The normalized spacial score (nSPS) is 10.5. The standard InChI is InChI=1S/C17H24N4/c1-5-14-16(18-6-2)19-12-20-17(14)21(7-3)15-11-9-8-10-13(15)4/h8-12H,5-7H2,1-4H3,(H,18,19,20). The lowest BCUT2D eigenvalue weighted by molar-refractivity contribution is 0.932. The van der Waals surface area contributed by atoms with Crippen molar-refractivity contribution in [3.63, 3.8) is 0 Å². The molecule has 0 aliphatic carbocycles. The van der Waals surface area contributed by atoms with Gasteiger partial charge in [0.05, 0.1) is 0 Å². The Morgan fingerprint density at radius 1 is 1.10 bits per heavy atom. The van der Waals surface area contributed by atoms with Gasteiger partial charge in [0.2, 0.25) is 0 Å². The van der Waals surface area contributed by atoms with Crippen molar-refractivity contribution in [1.82, 2.24) is 9.97 Å². The average Bonchev–Trinajstić information content (AvgIpc) is 2.50. The van der Waals surface area contributed by atoms with Gasteiger partial charge in [0.25, 0.3) is 0 Å². The van der Waals surface area contributed by atoms with E-state index in [-0.39, 0.29) is 0 Å². The number of aryl methyl sites for hydroxylation is 1. The summed E-state index contributed by atoms with van der Waals surface area (Å²) in [6.45, 7) is 10.3. The highest BCUT2D eigenvalue weighted by molar-refractivity contribution is 5.69. The maximum absolute atomic E-state index is 4.56. The van der Waals surface area contributed by atoms with Gasteiger partial charge in [-0.25, -0.2) is 9.97 Å². The Morgan fingerprint density at radius 2 is 1.86 bits per heavy atom. The third-order valence-corrected chi connectivity index (χ3v) is 3.60. The van der Waals surface area contributed by atoms with E-state index >= 15 is 0 Å². The molecule has 0 unspecified atom stereocenters. The van der Waals surface area contributed by atoms with Crippen molar-refractivity contribution in [1.29, 1.82) is 0 Å². The number of nitrogens with one attached hydrogen (secondary N) is 1. The van der Waals surface area contributed by atoms with Crippen molar-refractivity contribution in [2.45, 2.75) is 34.1 Å². The summed E-state index contributed by atoms with van der Waals surface area (Å²) in [5.74, 6) is 1.94. The number of anilines is 3. The Balaban J connectivity index is 2.52. The van der Waals surface area contributed by atoms with Crippen molar-refractivity contribution < 1.29 is 0 Å². The molecule has 2 aromatic rings. The maximum Gasteiger partial charge on any atom is 0.141 e. The second-order valence-electron chi connectivity index (χ2n) is 4.94. The zero-order chi connectivity index (χ0) is 15.2. The van der Waals surface area contributed by atoms with Gasteiger partial charge >= 0.3 is 0 Å². The van der Waals surface area contributed by atoms with E-state index in [1.807, 2.05) is 0 Å². The third kappa shape index (κ3) is 3.15. The fraction of sp³-hybridized carbons (Fsp3) is 0.412. The predicted octanol–water partition coefficient (Wildman–Crippen LogP) is 3.94. The van der Waals surface area contributed by atoms with Crippen molar-refractivity contribution >= 4 is 17.3 Å². The summed E-state index contributed by atoms with van der Waals surface area (Å²) in [7, 11) is 0. The second kappa shape index (κ2) is 7.07. The van der Waals surface area contributed by atoms with Crippen LogP contribution < -0.4 is 10.2 Å². The molecule has 1 aromatic heterocycles. The Labute approximate surface area is 127 Å². The highest BCUT2D eigenvalue weighted by Crippen LogP contribution is 2.31. The molecule has 2 rings (SSSR count). The number of aromatic nitrogens is 2. The molecule has 0 fully saturated rings. The van der Waals surface area contributed by atoms with Crippen LogP contribution in [-0.2, 0) is 6.42 Å². The van der Waals surface area contributed by atoms with Gasteiger partial charge in [-0.15, -0.1) is 0 Å². The number of nitrogens with zero attached hydrogens (tertiary/aromatic N) is 3. The first-order chi connectivity index (χ1) is 10.2. The summed E-state index contributed by atoms with van der Waals surface area (Å²) in [6.07, 6.45) is 2.55. The first kappa shape index (κ1) is 15.3. The summed E-state index contributed by atoms with van der Waals surface area (Å²) in [5, 5.41) is 3.33. The van der Waals surface area contributed by atoms with Gasteiger partial charge < -0.3 is 10.2 Å². The molecule has 0 saturated heterocycles. The number of benzene rings is 1. The first-order valence-electron chi connectivity index (χ1n) is 7.63. The number of rotatable bonds is 6. The molecular formula is C17H24N4. The van der Waals surface area contributed by atoms with E-state index in [0.29, 0.717) is 0 Å². The number of hydrogen-bond donors (Lipinski definition) is 1. The van der Waals surface area contributed by atoms with Crippen LogP contribution in [0.2, 0.25) is 0 Å². The SMILES string of the molecule is CCNc1ncnc(N(CC)c2ccccc2C)c1CC. The van der Waals surface area contributed by atoms with Gasteiger partial charge in [-0.3, -0.25) is 0 Å². The Morgan fingerprint density at radius 3 is 2.48 bits per heavy atom. The van der Waals surface area contributed by atoms with E-state index in [4.69, 9.17) is 0 Å². The number of hydrogen-bond acceptors (Lipinski definition) is 4. The van der Waals surface area contributed by atoms with Crippen molar-refractivity contribution in [2.24, 2.45) is 0 Å². The summed E-state index contributed by atoms with van der Waals surface area (Å²) in [6, 6.07) is 8.42. The molecule has 0 saturated carbocycles. The van der Waals surface area contributed by atoms with E-state index in [1.165, 1.54) is 16.8 Å². The minimum Gasteiger partial charge on any atom is -0.370 e. The van der Waals surface area contributed by atoms with Crippen LogP contribution in [0.15, 0.2) is 30.6 Å². The average molecular weight is 284 g/mol. The van der Waals surface area contributed by atoms with Crippen molar-refractivity contribution in [2.75, 3.05) is 23.3 Å². The Bertz CT molecular complexity index is 595. The zero-order valence-corrected chi connectivity index (χ0v) is 13.3. The molecule has 4 heteroatoms. The third-order valence-electron chi connectivity index (χ3n) is 3.60. The zero-order valence-electron chi connectivity index (χ0n) is 13.3. The molecule has 112 valence electrons. The quantitative estimate of drug-likeness (QED) is 0.872. The topological polar surface area (TPSA) is 41.1 Å². The Hall–Kier alpha value is -2.10. The van der Waals surface area contributed by atoms with Crippen LogP contribution >= 0.6 is 0 Å². The van der Waals surface area contributed by atoms with Gasteiger partial charge in [-0.2, -0.15) is 0 Å². The molecular weight excluding hydrogens is 260 g/mol. The van der Waals surface area contributed by atoms with E-state index in [2.05, 4.69) is 72.1 Å². The Kier molecular flexibility index (Phi) is 5.14. The van der Waals surface area contributed by atoms with Gasteiger partial charge in [0.15, 0.2) is 0 Å². The summed E-state index contributed by atoms with van der Waals surface area (Å²) in [5.41, 5.74) is 3.63. The molecule has 1 aromatic carbocycles. The molecule has 0 spiro atoms. The van der Waals surface area contributed by atoms with Gasteiger partial charge in [-0.05, 0) is 38.8 Å². The lowest BCUT2D eigenvalue weighted by atomic mass is 10.1. The van der Waals surface area contributed by atoms with Crippen LogP contribution in [0.3, 0.4) is 0 Å². The molecule has 0 aliphatic rings. The minimum atomic E-state index is 0.861. The molecule has 0 radical (unpaired) electrons. The molecule has 0 amide bonds. The fourth-order valence-electron chi connectivity index (χ4n) is 2.58. The lowest BCUT2D eigenvalue weighted by Gasteiger charge is -2.26. The molecule has 1 heterocycles. The molecule has 1 N–H and O–H groups in total. The van der Waals surface area contributed by atoms with Crippen LogP contribution in [-0.4, -0.2) is 23.1 Å². The monoisotopic (exact) mass is 284 g/mol. The predicted molar refractivity (Wildman–Crippen MR) is 89.4 cm³/mol. The maximum atomic E-state index is 4.56. The smallest absolute Gasteiger partial charge is 0.141 e. The highest BCUT2D eigenvalue weighted by atomic mass is 15.2. The van der Waals surface area contributed by atoms with E-state index in [9.17, 15) is 0 Å². The molecule has 0 bridgehead atoms. The van der Waals surface area contributed by atoms with Crippen LogP contribution in [0.1, 0.15) is 31.9 Å². The molecule has 4 nitrogen and oxygen atoms in total. The van der Waals surface area contributed by atoms with Crippen molar-refractivity contribution in [3.8, 4) is 0 Å². The van der Waals surface area contributed by atoms with Gasteiger partial charge in [0.1, 0.15) is 18.0 Å². The molecule has 21 heavy (non-hydrogen) atoms. The van der Waals surface area contributed by atoms with Crippen LogP contribution in [0.25, 0.3) is 0 Å². The summed E-state index contributed by atoms with van der Waals surface area (Å²) >= 11 is 0. The van der Waals surface area contributed by atoms with Crippen molar-refractivity contribution in [3.05, 3.63) is 41.7 Å². The summed E-state index contributed by atoms with van der Waals surface area (Å²) < 4.78 is 0. The van der Waals surface area contributed by atoms with E-state index in [1.54, 1.807) is 6.33 Å². The number of para-hydroxylation sites is 1. The van der Waals surface area contributed by atoms with Crippen LogP contribution in [0.5, 0.6) is 0 Å². The second-order valence-corrected chi connectivity index (χ2v) is 4.94. The van der Waals surface area contributed by atoms with E-state index in [0.717, 1.165) is 31.1 Å². The lowest BCUT2D eigenvalue weighted by Crippen LogP contribution is -2.21. The van der Waals surface area contributed by atoms with E-state index < -0.39 is 0 Å². The highest BCUT2D eigenvalue weighted by Gasteiger charge is 2.17.